The zero-order chi connectivity index (χ0) is 16.7. The second kappa shape index (κ2) is 5.63. The van der Waals surface area contributed by atoms with Gasteiger partial charge in [0.15, 0.2) is 11.8 Å². The Morgan fingerprint density at radius 2 is 2.17 bits per heavy atom. The van der Waals surface area contributed by atoms with Crippen molar-refractivity contribution < 1.29 is 9.53 Å². The van der Waals surface area contributed by atoms with Gasteiger partial charge in [-0.25, -0.2) is 9.67 Å². The van der Waals surface area contributed by atoms with Gasteiger partial charge in [-0.1, -0.05) is 18.2 Å². The van der Waals surface area contributed by atoms with Gasteiger partial charge in [-0.15, -0.1) is 0 Å². The van der Waals surface area contributed by atoms with E-state index in [9.17, 15) is 4.79 Å². The van der Waals surface area contributed by atoms with Crippen LogP contribution in [-0.4, -0.2) is 26.8 Å². The summed E-state index contributed by atoms with van der Waals surface area (Å²) in [5.41, 5.74) is 2.52. The number of pyridine rings is 1. The molecule has 1 atom stereocenters. The first-order chi connectivity index (χ1) is 11.6. The lowest BCUT2D eigenvalue weighted by Crippen LogP contribution is -2.31. The smallest absolute Gasteiger partial charge is 0.265 e. The van der Waals surface area contributed by atoms with E-state index in [1.807, 2.05) is 35.0 Å². The van der Waals surface area contributed by atoms with Gasteiger partial charge in [0, 0.05) is 17.8 Å². The number of carbonyl (C=O) groups is 1. The van der Waals surface area contributed by atoms with E-state index < -0.39 is 6.10 Å². The molecule has 1 aromatic carbocycles. The molecule has 3 heterocycles. The van der Waals surface area contributed by atoms with Gasteiger partial charge in [0.05, 0.1) is 18.1 Å². The van der Waals surface area contributed by atoms with Crippen LogP contribution in [0.5, 0.6) is 5.75 Å². The highest BCUT2D eigenvalue weighted by Gasteiger charge is 2.28. The number of hydrogen-bond acceptors (Lipinski definition) is 4. The molecule has 6 heteroatoms. The van der Waals surface area contributed by atoms with Gasteiger partial charge in [-0.05, 0) is 31.5 Å². The van der Waals surface area contributed by atoms with E-state index >= 15 is 0 Å². The number of para-hydroxylation sites is 1. The number of amides is 1. The lowest BCUT2D eigenvalue weighted by atomic mass is 10.1. The van der Waals surface area contributed by atoms with Crippen molar-refractivity contribution in [3.8, 4) is 5.75 Å². The van der Waals surface area contributed by atoms with Crippen molar-refractivity contribution in [3.05, 3.63) is 48.3 Å². The molecule has 4 rings (SSSR count). The predicted molar refractivity (Wildman–Crippen MR) is 91.1 cm³/mol. The summed E-state index contributed by atoms with van der Waals surface area (Å²) in [6.45, 7) is 4.11. The quantitative estimate of drug-likeness (QED) is 0.805. The zero-order valence-electron chi connectivity index (χ0n) is 13.6. The summed E-state index contributed by atoms with van der Waals surface area (Å²) in [6.07, 6.45) is 3.50. The van der Waals surface area contributed by atoms with Crippen LogP contribution in [0.3, 0.4) is 0 Å². The molecule has 1 N–H and O–H groups in total. The topological polar surface area (TPSA) is 69.0 Å². The van der Waals surface area contributed by atoms with Gasteiger partial charge in [0.2, 0.25) is 0 Å². The normalized spacial score (nSPS) is 16.2. The predicted octanol–water partition coefficient (Wildman–Crippen LogP) is 2.95. The molecule has 0 bridgehead atoms. The standard InChI is InChI=1S/C18H18N4O2/c1-11(2)22-17-13(9-20-22)7-14(10-19-17)21-18(23)16-8-12-5-3-4-6-15(12)24-16/h3-7,9-11,16H,8H2,1-2H3,(H,21,23)/t16-/m1/s1. The molecule has 2 aromatic heterocycles. The third-order valence-corrected chi connectivity index (χ3v) is 4.13. The maximum absolute atomic E-state index is 12.4. The van der Waals surface area contributed by atoms with Crippen LogP contribution in [0.1, 0.15) is 25.5 Å². The first-order valence-corrected chi connectivity index (χ1v) is 8.00. The van der Waals surface area contributed by atoms with Crippen LogP contribution in [0.2, 0.25) is 0 Å². The van der Waals surface area contributed by atoms with E-state index in [4.69, 9.17) is 4.74 Å². The molecule has 24 heavy (non-hydrogen) atoms. The summed E-state index contributed by atoms with van der Waals surface area (Å²) in [5.74, 6) is 0.619. The molecule has 122 valence electrons. The van der Waals surface area contributed by atoms with E-state index in [2.05, 4.69) is 29.2 Å². The molecule has 0 spiro atoms. The van der Waals surface area contributed by atoms with Crippen LogP contribution < -0.4 is 10.1 Å². The lowest BCUT2D eigenvalue weighted by Gasteiger charge is -2.11. The van der Waals surface area contributed by atoms with Crippen molar-refractivity contribution in [1.82, 2.24) is 14.8 Å². The number of carbonyl (C=O) groups excluding carboxylic acids is 1. The molecule has 1 aliphatic rings. The highest BCUT2D eigenvalue weighted by molar-refractivity contribution is 5.96. The monoisotopic (exact) mass is 322 g/mol. The van der Waals surface area contributed by atoms with Gasteiger partial charge in [-0.3, -0.25) is 4.79 Å². The van der Waals surface area contributed by atoms with Gasteiger partial charge in [-0.2, -0.15) is 5.10 Å². The number of anilines is 1. The number of nitrogens with one attached hydrogen (secondary N) is 1. The van der Waals surface area contributed by atoms with Crippen molar-refractivity contribution in [2.75, 3.05) is 5.32 Å². The summed E-state index contributed by atoms with van der Waals surface area (Å²) in [6, 6.07) is 9.85. The molecule has 1 amide bonds. The maximum Gasteiger partial charge on any atom is 0.265 e. The Bertz CT molecular complexity index is 891. The van der Waals surface area contributed by atoms with Crippen molar-refractivity contribution in [2.45, 2.75) is 32.4 Å². The van der Waals surface area contributed by atoms with Crippen LogP contribution in [0.15, 0.2) is 42.7 Å². The Hall–Kier alpha value is -2.89. The number of nitrogens with zero attached hydrogens (tertiary/aromatic N) is 3. The molecule has 1 aliphatic heterocycles. The first-order valence-electron chi connectivity index (χ1n) is 8.00. The van der Waals surface area contributed by atoms with Crippen molar-refractivity contribution in [2.24, 2.45) is 0 Å². The van der Waals surface area contributed by atoms with Gasteiger partial charge >= 0.3 is 0 Å². The van der Waals surface area contributed by atoms with E-state index in [-0.39, 0.29) is 11.9 Å². The zero-order valence-corrected chi connectivity index (χ0v) is 13.6. The molecule has 3 aromatic rings. The van der Waals surface area contributed by atoms with Crippen molar-refractivity contribution >= 4 is 22.6 Å². The minimum atomic E-state index is -0.503. The summed E-state index contributed by atoms with van der Waals surface area (Å²) >= 11 is 0. The molecule has 6 nitrogen and oxygen atoms in total. The molecule has 0 unspecified atom stereocenters. The highest BCUT2D eigenvalue weighted by Crippen LogP contribution is 2.29. The third-order valence-electron chi connectivity index (χ3n) is 4.13. The number of aromatic nitrogens is 3. The average Bonchev–Trinajstić information content (AvgIpc) is 3.18. The number of benzene rings is 1. The van der Waals surface area contributed by atoms with Gasteiger partial charge < -0.3 is 10.1 Å². The molecule has 0 aliphatic carbocycles. The first kappa shape index (κ1) is 14.7. The number of hydrogen-bond donors (Lipinski definition) is 1. The number of fused-ring (bicyclic) bond motifs is 2. The Kier molecular flexibility index (Phi) is 3.45. The van der Waals surface area contributed by atoms with Crippen LogP contribution in [0, 0.1) is 0 Å². The van der Waals surface area contributed by atoms with Gasteiger partial charge in [0.1, 0.15) is 5.75 Å². The average molecular weight is 322 g/mol. The SMILES string of the molecule is CC(C)n1ncc2cc(NC(=O)[C@H]3Cc4ccccc4O3)cnc21. The summed E-state index contributed by atoms with van der Waals surface area (Å²) in [4.78, 5) is 16.9. The van der Waals surface area contributed by atoms with Crippen LogP contribution in [0.25, 0.3) is 11.0 Å². The van der Waals surface area contributed by atoms with Crippen molar-refractivity contribution in [1.29, 1.82) is 0 Å². The minimum Gasteiger partial charge on any atom is -0.480 e. The van der Waals surface area contributed by atoms with Crippen molar-refractivity contribution in [3.63, 3.8) is 0 Å². The van der Waals surface area contributed by atoms with Crippen LogP contribution in [-0.2, 0) is 11.2 Å². The second-order valence-electron chi connectivity index (χ2n) is 6.23. The summed E-state index contributed by atoms with van der Waals surface area (Å²) in [5, 5.41) is 8.12. The Balaban J connectivity index is 1.51. The Morgan fingerprint density at radius 1 is 1.33 bits per heavy atom. The minimum absolute atomic E-state index is 0.163. The molecule has 0 fully saturated rings. The van der Waals surface area contributed by atoms with E-state index in [1.54, 1.807) is 12.4 Å². The molecular weight excluding hydrogens is 304 g/mol. The van der Waals surface area contributed by atoms with Crippen LogP contribution >= 0.6 is 0 Å². The molecular formula is C18H18N4O2. The molecule has 0 saturated heterocycles. The highest BCUT2D eigenvalue weighted by atomic mass is 16.5. The van der Waals surface area contributed by atoms with E-state index in [1.165, 1.54) is 0 Å². The molecule has 0 radical (unpaired) electrons. The summed E-state index contributed by atoms with van der Waals surface area (Å²) < 4.78 is 7.57. The maximum atomic E-state index is 12.4. The third kappa shape index (κ3) is 2.50. The Labute approximate surface area is 139 Å². The fourth-order valence-electron chi connectivity index (χ4n) is 2.94. The molecule has 0 saturated carbocycles. The Morgan fingerprint density at radius 3 is 2.96 bits per heavy atom. The van der Waals surface area contributed by atoms with E-state index in [0.29, 0.717) is 12.1 Å². The van der Waals surface area contributed by atoms with E-state index in [0.717, 1.165) is 22.3 Å². The largest absolute Gasteiger partial charge is 0.480 e. The fourth-order valence-corrected chi connectivity index (χ4v) is 2.94. The number of rotatable bonds is 3. The summed E-state index contributed by atoms with van der Waals surface area (Å²) in [7, 11) is 0. The van der Waals surface area contributed by atoms with Crippen LogP contribution in [0.4, 0.5) is 5.69 Å². The second-order valence-corrected chi connectivity index (χ2v) is 6.23. The lowest BCUT2D eigenvalue weighted by molar-refractivity contribution is -0.122. The fraction of sp³-hybridized carbons (Fsp3) is 0.278. The van der Waals surface area contributed by atoms with Gasteiger partial charge in [0.25, 0.3) is 5.91 Å². The number of ether oxygens (including phenoxy) is 1.